The summed E-state index contributed by atoms with van der Waals surface area (Å²) in [4.78, 5) is 10.2. The Morgan fingerprint density at radius 1 is 1.33 bits per heavy atom. The van der Waals surface area contributed by atoms with Crippen molar-refractivity contribution in [1.82, 2.24) is 0 Å². The van der Waals surface area contributed by atoms with Gasteiger partial charge in [-0.1, -0.05) is 0 Å². The first-order valence-corrected chi connectivity index (χ1v) is 9.89. The monoisotopic (exact) mass is 382 g/mol. The number of alkyl halides is 2. The number of benzene rings is 1. The number of nitrogens with zero attached hydrogens (tertiary/aromatic N) is 1. The fraction of sp³-hybridized carbons (Fsp3) is 0.455. The third-order valence-corrected chi connectivity index (χ3v) is 10.5. The Labute approximate surface area is 116 Å². The van der Waals surface area contributed by atoms with Gasteiger partial charge in [0.05, 0.1) is 0 Å². The van der Waals surface area contributed by atoms with Crippen LogP contribution in [-0.2, 0) is 9.84 Å². The quantitative estimate of drug-likeness (QED) is 0.290. The maximum absolute atomic E-state index is 12.4. The Morgan fingerprint density at radius 2 is 2.11 bits per heavy atom. The topological polar surface area (TPSA) is 77.3 Å². The van der Waals surface area contributed by atoms with Crippen LogP contribution in [0.5, 0.6) is 0 Å². The maximum atomic E-state index is 12.4. The first-order valence-electron chi connectivity index (χ1n) is 5.58. The van der Waals surface area contributed by atoms with Crippen molar-refractivity contribution in [1.29, 1.82) is 0 Å². The van der Waals surface area contributed by atoms with Crippen LogP contribution < -0.4 is 21.2 Å². The summed E-state index contributed by atoms with van der Waals surface area (Å²) >= 11 is -0.350. The van der Waals surface area contributed by atoms with E-state index in [4.69, 9.17) is 0 Å². The van der Waals surface area contributed by atoms with Crippen molar-refractivity contribution in [2.75, 3.05) is 4.43 Å². The summed E-state index contributed by atoms with van der Waals surface area (Å²) in [6, 6.07) is 5.38. The van der Waals surface area contributed by atoms with Crippen molar-refractivity contribution in [2.24, 2.45) is 0 Å². The van der Waals surface area contributed by atoms with Gasteiger partial charge < -0.3 is 0 Å². The van der Waals surface area contributed by atoms with E-state index >= 15 is 0 Å². The van der Waals surface area contributed by atoms with Crippen molar-refractivity contribution < 1.29 is 34.5 Å². The number of sulfone groups is 1. The van der Waals surface area contributed by atoms with Crippen molar-refractivity contribution in [3.63, 3.8) is 0 Å². The molecule has 0 amide bonds. The average Bonchev–Trinajstić information content (AvgIpc) is 2.40. The van der Waals surface area contributed by atoms with Gasteiger partial charge in [-0.2, -0.15) is 0 Å². The molecular weight excluding hydrogens is 369 g/mol. The first-order chi connectivity index (χ1) is 8.51. The molecule has 0 saturated carbocycles. The first kappa shape index (κ1) is 13.7. The standard InChI is InChI=1S/C11H13INO4S/c14-13(15)9-4-3-5-10(8-9)18(16,17)11-6-1-2-7-12-11/h3-5,8,11H,1-2,6-7H2/q-1. The zero-order chi connectivity index (χ0) is 13.2. The molecular formula is C11H13INO4S-. The van der Waals surface area contributed by atoms with E-state index in [0.29, 0.717) is 6.42 Å². The Hall–Kier alpha value is -0.700. The molecule has 5 nitrogen and oxygen atoms in total. The van der Waals surface area contributed by atoms with E-state index in [-0.39, 0.29) is 35.0 Å². The Morgan fingerprint density at radius 3 is 2.72 bits per heavy atom. The van der Waals surface area contributed by atoms with Gasteiger partial charge in [0.1, 0.15) is 0 Å². The predicted octanol–water partition coefficient (Wildman–Crippen LogP) is -1.03. The molecule has 0 aromatic heterocycles. The number of non-ortho nitro benzene ring substituents is 1. The molecule has 0 spiro atoms. The molecule has 1 aliphatic rings. The molecule has 0 aliphatic carbocycles. The van der Waals surface area contributed by atoms with Gasteiger partial charge >= 0.3 is 116 Å². The number of hydrogen-bond donors (Lipinski definition) is 0. The second kappa shape index (κ2) is 5.52. The molecule has 0 bridgehead atoms. The van der Waals surface area contributed by atoms with Crippen molar-refractivity contribution >= 4 is 15.5 Å². The van der Waals surface area contributed by atoms with Crippen LogP contribution in [0, 0.1) is 10.1 Å². The molecule has 0 radical (unpaired) electrons. The van der Waals surface area contributed by atoms with E-state index in [1.165, 1.54) is 24.3 Å². The van der Waals surface area contributed by atoms with Crippen LogP contribution in [0.15, 0.2) is 29.2 Å². The van der Waals surface area contributed by atoms with E-state index in [9.17, 15) is 18.5 Å². The molecule has 1 heterocycles. The van der Waals surface area contributed by atoms with Gasteiger partial charge in [0.2, 0.25) is 0 Å². The van der Waals surface area contributed by atoms with E-state index in [0.717, 1.165) is 17.3 Å². The number of hydrogen-bond acceptors (Lipinski definition) is 4. The average molecular weight is 382 g/mol. The molecule has 1 aromatic rings. The number of nitro groups is 1. The van der Waals surface area contributed by atoms with Crippen LogP contribution in [0.1, 0.15) is 19.3 Å². The molecule has 1 atom stereocenters. The predicted molar refractivity (Wildman–Crippen MR) is 62.8 cm³/mol. The summed E-state index contributed by atoms with van der Waals surface area (Å²) in [5.41, 5.74) is -0.162. The third-order valence-electron chi connectivity index (χ3n) is 2.79. The van der Waals surface area contributed by atoms with E-state index in [1.54, 1.807) is 0 Å². The summed E-state index contributed by atoms with van der Waals surface area (Å²) in [7, 11) is -3.37. The molecule has 1 saturated heterocycles. The van der Waals surface area contributed by atoms with Crippen LogP contribution in [0.4, 0.5) is 5.69 Å². The molecule has 1 aliphatic heterocycles. The summed E-state index contributed by atoms with van der Waals surface area (Å²) in [5, 5.41) is 10.7. The van der Waals surface area contributed by atoms with Crippen LogP contribution in [0.25, 0.3) is 0 Å². The molecule has 7 heteroatoms. The molecule has 1 unspecified atom stereocenters. The van der Waals surface area contributed by atoms with Gasteiger partial charge in [-0.05, 0) is 0 Å². The van der Waals surface area contributed by atoms with Crippen LogP contribution in [0.3, 0.4) is 0 Å². The zero-order valence-corrected chi connectivity index (χ0v) is 12.6. The minimum absolute atomic E-state index is 0.100. The Kier molecular flexibility index (Phi) is 4.21. The number of rotatable bonds is 3. The number of halogens is 1. The molecule has 100 valence electrons. The fourth-order valence-corrected chi connectivity index (χ4v) is 8.78. The zero-order valence-electron chi connectivity index (χ0n) is 9.58. The minimum atomic E-state index is -3.37. The third kappa shape index (κ3) is 2.82. The van der Waals surface area contributed by atoms with Gasteiger partial charge in [-0.25, -0.2) is 0 Å². The van der Waals surface area contributed by atoms with Crippen molar-refractivity contribution in [3.8, 4) is 0 Å². The normalized spacial score (nSPS) is 21.0. The molecule has 1 aromatic carbocycles. The van der Waals surface area contributed by atoms with Crippen molar-refractivity contribution in [3.05, 3.63) is 34.4 Å². The van der Waals surface area contributed by atoms with E-state index in [2.05, 4.69) is 0 Å². The molecule has 18 heavy (non-hydrogen) atoms. The van der Waals surface area contributed by atoms with Crippen molar-refractivity contribution in [2.45, 2.75) is 27.4 Å². The van der Waals surface area contributed by atoms with Gasteiger partial charge in [0.15, 0.2) is 0 Å². The van der Waals surface area contributed by atoms with Crippen LogP contribution >= 0.6 is 0 Å². The van der Waals surface area contributed by atoms with E-state index < -0.39 is 14.8 Å². The van der Waals surface area contributed by atoms with Gasteiger partial charge in [-0.3, -0.25) is 0 Å². The Balaban J connectivity index is 2.34. The Bertz CT molecular complexity index is 552. The van der Waals surface area contributed by atoms with Gasteiger partial charge in [0, 0.05) is 0 Å². The van der Waals surface area contributed by atoms with E-state index in [1.807, 2.05) is 0 Å². The second-order valence-electron chi connectivity index (χ2n) is 4.05. The molecule has 1 fully saturated rings. The van der Waals surface area contributed by atoms with Gasteiger partial charge in [-0.15, -0.1) is 0 Å². The number of nitro benzene ring substituents is 1. The fourth-order valence-electron chi connectivity index (χ4n) is 1.84. The SMILES string of the molecule is O=[N+]([O-])c1cccc(S(=O)(=O)C2CCCC[I-]2)c1. The van der Waals surface area contributed by atoms with Gasteiger partial charge in [0.25, 0.3) is 0 Å². The second-order valence-corrected chi connectivity index (χ2v) is 10.5. The molecule has 0 N–H and O–H groups in total. The summed E-state index contributed by atoms with van der Waals surface area (Å²) in [6.07, 6.45) is 2.77. The van der Waals surface area contributed by atoms with Crippen LogP contribution in [-0.4, -0.2) is 21.0 Å². The summed E-state index contributed by atoms with van der Waals surface area (Å²) < 4.78 is 25.5. The summed E-state index contributed by atoms with van der Waals surface area (Å²) in [6.45, 7) is 0. The molecule has 2 rings (SSSR count). The van der Waals surface area contributed by atoms with Crippen LogP contribution in [0.2, 0.25) is 0 Å². The summed E-state index contributed by atoms with van der Waals surface area (Å²) in [5.74, 6) is 0.